The van der Waals surface area contributed by atoms with Gasteiger partial charge in [-0.2, -0.15) is 0 Å². The summed E-state index contributed by atoms with van der Waals surface area (Å²) in [5, 5.41) is 3.75. The molecule has 0 saturated carbocycles. The first-order valence-corrected chi connectivity index (χ1v) is 11.2. The second-order valence-corrected chi connectivity index (χ2v) is 8.55. The summed E-state index contributed by atoms with van der Waals surface area (Å²) in [6.07, 6.45) is 5.09. The third-order valence-electron chi connectivity index (χ3n) is 6.06. The Morgan fingerprint density at radius 3 is 2.23 bits per heavy atom. The number of hydrogen-bond donors (Lipinski definition) is 1. The fourth-order valence-corrected chi connectivity index (χ4v) is 4.46. The van der Waals surface area contributed by atoms with Crippen molar-refractivity contribution in [3.8, 4) is 0 Å². The summed E-state index contributed by atoms with van der Waals surface area (Å²) >= 11 is 5.90. The van der Waals surface area contributed by atoms with Gasteiger partial charge in [0.15, 0.2) is 0 Å². The van der Waals surface area contributed by atoms with Gasteiger partial charge in [0.2, 0.25) is 0 Å². The predicted molar refractivity (Wildman–Crippen MR) is 120 cm³/mol. The van der Waals surface area contributed by atoms with Crippen LogP contribution in [0.4, 0.5) is 5.69 Å². The van der Waals surface area contributed by atoms with Crippen LogP contribution in [-0.4, -0.2) is 48.9 Å². The first kappa shape index (κ1) is 20.7. The van der Waals surface area contributed by atoms with Gasteiger partial charge in [-0.25, -0.2) is 0 Å². The molecule has 2 aliphatic rings. The second kappa shape index (κ2) is 9.52. The average molecular weight is 426 g/mol. The van der Waals surface area contributed by atoms with Crippen LogP contribution in [0.1, 0.15) is 52.8 Å². The van der Waals surface area contributed by atoms with Gasteiger partial charge in [0, 0.05) is 48.5 Å². The summed E-state index contributed by atoms with van der Waals surface area (Å²) < 4.78 is 0. The number of benzene rings is 2. The standard InChI is InChI=1S/C24H28ClN3O2/c25-19-10-8-18(9-11-19)23(29)26-20-12-16-27(17-13-20)22-7-3-2-6-21(22)24(30)28-14-4-1-5-15-28/h2-3,6-11,20H,1,4-5,12-17H2,(H,26,29). The maximum Gasteiger partial charge on any atom is 0.255 e. The van der Waals surface area contributed by atoms with E-state index < -0.39 is 0 Å². The van der Waals surface area contributed by atoms with Crippen molar-refractivity contribution in [1.29, 1.82) is 0 Å². The molecule has 0 atom stereocenters. The van der Waals surface area contributed by atoms with Crippen LogP contribution in [0.5, 0.6) is 0 Å². The Kier molecular flexibility index (Phi) is 6.58. The maximum atomic E-state index is 13.1. The molecule has 1 N–H and O–H groups in total. The number of nitrogens with one attached hydrogen (secondary N) is 1. The smallest absolute Gasteiger partial charge is 0.255 e. The SMILES string of the molecule is O=C(NC1CCN(c2ccccc2C(=O)N2CCCCC2)CC1)c1ccc(Cl)cc1. The number of amides is 2. The molecule has 30 heavy (non-hydrogen) atoms. The van der Waals surface area contributed by atoms with E-state index in [2.05, 4.69) is 10.2 Å². The Balaban J connectivity index is 1.38. The molecule has 2 aromatic carbocycles. The average Bonchev–Trinajstić information content (AvgIpc) is 2.80. The number of piperidine rings is 2. The molecule has 6 heteroatoms. The summed E-state index contributed by atoms with van der Waals surface area (Å²) in [7, 11) is 0. The van der Waals surface area contributed by atoms with Crippen LogP contribution < -0.4 is 10.2 Å². The third kappa shape index (κ3) is 4.78. The molecule has 5 nitrogen and oxygen atoms in total. The van der Waals surface area contributed by atoms with Gasteiger partial charge >= 0.3 is 0 Å². The normalized spacial score (nSPS) is 17.6. The van der Waals surface area contributed by atoms with Crippen molar-refractivity contribution in [2.24, 2.45) is 0 Å². The van der Waals surface area contributed by atoms with E-state index in [0.29, 0.717) is 10.6 Å². The van der Waals surface area contributed by atoms with Crippen LogP contribution >= 0.6 is 11.6 Å². The minimum absolute atomic E-state index is 0.0641. The molecule has 2 aromatic rings. The Bertz CT molecular complexity index is 886. The number of halogens is 1. The molecule has 0 spiro atoms. The van der Waals surface area contributed by atoms with E-state index in [-0.39, 0.29) is 17.9 Å². The molecule has 2 fully saturated rings. The largest absolute Gasteiger partial charge is 0.371 e. The molecular weight excluding hydrogens is 398 g/mol. The van der Waals surface area contributed by atoms with Gasteiger partial charge in [-0.1, -0.05) is 23.7 Å². The number of anilines is 1. The molecular formula is C24H28ClN3O2. The van der Waals surface area contributed by atoms with Crippen molar-refractivity contribution in [1.82, 2.24) is 10.2 Å². The van der Waals surface area contributed by atoms with E-state index in [1.54, 1.807) is 24.3 Å². The molecule has 2 amide bonds. The quantitative estimate of drug-likeness (QED) is 0.791. The molecule has 0 aliphatic carbocycles. The molecule has 0 aromatic heterocycles. The lowest BCUT2D eigenvalue weighted by Gasteiger charge is -2.36. The van der Waals surface area contributed by atoms with E-state index in [4.69, 9.17) is 11.6 Å². The summed E-state index contributed by atoms with van der Waals surface area (Å²) in [6.45, 7) is 3.34. The second-order valence-electron chi connectivity index (χ2n) is 8.11. The maximum absolute atomic E-state index is 13.1. The highest BCUT2D eigenvalue weighted by molar-refractivity contribution is 6.30. The zero-order valence-electron chi connectivity index (χ0n) is 17.1. The van der Waals surface area contributed by atoms with Crippen LogP contribution in [0.25, 0.3) is 0 Å². The van der Waals surface area contributed by atoms with Gasteiger partial charge in [-0.15, -0.1) is 0 Å². The van der Waals surface area contributed by atoms with Crippen molar-refractivity contribution in [3.63, 3.8) is 0 Å². The number of likely N-dealkylation sites (tertiary alicyclic amines) is 1. The van der Waals surface area contributed by atoms with Gasteiger partial charge in [0.1, 0.15) is 0 Å². The minimum Gasteiger partial charge on any atom is -0.371 e. The highest BCUT2D eigenvalue weighted by Crippen LogP contribution is 2.26. The molecule has 2 aliphatic heterocycles. The van der Waals surface area contributed by atoms with Gasteiger partial charge < -0.3 is 15.1 Å². The number of para-hydroxylation sites is 1. The number of rotatable bonds is 4. The number of carbonyl (C=O) groups is 2. The Labute approximate surface area is 183 Å². The minimum atomic E-state index is -0.0641. The van der Waals surface area contributed by atoms with E-state index in [1.807, 2.05) is 29.2 Å². The van der Waals surface area contributed by atoms with Gasteiger partial charge in [-0.05, 0) is 68.5 Å². The molecule has 4 rings (SSSR count). The highest BCUT2D eigenvalue weighted by Gasteiger charge is 2.26. The number of carbonyl (C=O) groups excluding carboxylic acids is 2. The first-order valence-electron chi connectivity index (χ1n) is 10.8. The summed E-state index contributed by atoms with van der Waals surface area (Å²) in [5.74, 6) is 0.0780. The fourth-order valence-electron chi connectivity index (χ4n) is 4.33. The van der Waals surface area contributed by atoms with Crippen molar-refractivity contribution in [2.45, 2.75) is 38.1 Å². The fraction of sp³-hybridized carbons (Fsp3) is 0.417. The highest BCUT2D eigenvalue weighted by atomic mass is 35.5. The van der Waals surface area contributed by atoms with Crippen molar-refractivity contribution in [3.05, 3.63) is 64.7 Å². The topological polar surface area (TPSA) is 52.7 Å². The van der Waals surface area contributed by atoms with Crippen molar-refractivity contribution < 1.29 is 9.59 Å². The zero-order chi connectivity index (χ0) is 20.9. The molecule has 158 valence electrons. The lowest BCUT2D eigenvalue weighted by atomic mass is 10.0. The van der Waals surface area contributed by atoms with E-state index >= 15 is 0 Å². The summed E-state index contributed by atoms with van der Waals surface area (Å²) in [4.78, 5) is 29.8. The lowest BCUT2D eigenvalue weighted by molar-refractivity contribution is 0.0724. The van der Waals surface area contributed by atoms with Crippen molar-refractivity contribution in [2.75, 3.05) is 31.1 Å². The first-order chi connectivity index (χ1) is 14.6. The van der Waals surface area contributed by atoms with Gasteiger partial charge in [0.25, 0.3) is 11.8 Å². The van der Waals surface area contributed by atoms with Crippen molar-refractivity contribution >= 4 is 29.1 Å². The Hall–Kier alpha value is -2.53. The van der Waals surface area contributed by atoms with Crippen LogP contribution in [0.15, 0.2) is 48.5 Å². The molecule has 0 radical (unpaired) electrons. The third-order valence-corrected chi connectivity index (χ3v) is 6.31. The zero-order valence-corrected chi connectivity index (χ0v) is 17.9. The molecule has 2 saturated heterocycles. The van der Waals surface area contributed by atoms with Crippen LogP contribution in [0.2, 0.25) is 5.02 Å². The van der Waals surface area contributed by atoms with Crippen LogP contribution in [-0.2, 0) is 0 Å². The Morgan fingerprint density at radius 2 is 1.53 bits per heavy atom. The lowest BCUT2D eigenvalue weighted by Crippen LogP contribution is -2.45. The predicted octanol–water partition coefficient (Wildman–Crippen LogP) is 4.36. The van der Waals surface area contributed by atoms with Gasteiger partial charge in [0.05, 0.1) is 5.56 Å². The number of hydrogen-bond acceptors (Lipinski definition) is 3. The molecule has 0 unspecified atom stereocenters. The number of nitrogens with zero attached hydrogens (tertiary/aromatic N) is 2. The van der Waals surface area contributed by atoms with E-state index in [1.165, 1.54) is 6.42 Å². The van der Waals surface area contributed by atoms with E-state index in [9.17, 15) is 9.59 Å². The van der Waals surface area contributed by atoms with Crippen LogP contribution in [0.3, 0.4) is 0 Å². The summed E-state index contributed by atoms with van der Waals surface area (Å²) in [5.41, 5.74) is 2.43. The van der Waals surface area contributed by atoms with Crippen LogP contribution in [0, 0.1) is 0 Å². The van der Waals surface area contributed by atoms with Gasteiger partial charge in [-0.3, -0.25) is 9.59 Å². The van der Waals surface area contributed by atoms with E-state index in [0.717, 1.165) is 63.1 Å². The monoisotopic (exact) mass is 425 g/mol. The summed E-state index contributed by atoms with van der Waals surface area (Å²) in [6, 6.07) is 15.0. The Morgan fingerprint density at radius 1 is 0.867 bits per heavy atom. The molecule has 0 bridgehead atoms. The molecule has 2 heterocycles.